The van der Waals surface area contributed by atoms with Gasteiger partial charge in [-0.05, 0) is 79.5 Å². The number of anilines is 1. The van der Waals surface area contributed by atoms with Gasteiger partial charge in [0.15, 0.2) is 0 Å². The van der Waals surface area contributed by atoms with Gasteiger partial charge in [-0.2, -0.15) is 5.26 Å². The summed E-state index contributed by atoms with van der Waals surface area (Å²) in [6.45, 7) is 8.06. The maximum atomic E-state index is 9.52. The van der Waals surface area contributed by atoms with E-state index in [0.717, 1.165) is 42.8 Å². The molecule has 2 saturated heterocycles. The van der Waals surface area contributed by atoms with Crippen molar-refractivity contribution in [1.29, 1.82) is 5.26 Å². The Morgan fingerprint density at radius 2 is 1.89 bits per heavy atom. The average Bonchev–Trinajstić information content (AvgIpc) is 3.29. The van der Waals surface area contributed by atoms with E-state index in [1.54, 1.807) is 6.20 Å². The second kappa shape index (κ2) is 9.93. The van der Waals surface area contributed by atoms with Gasteiger partial charge in [-0.3, -0.25) is 9.88 Å². The molecule has 6 nitrogen and oxygen atoms in total. The summed E-state index contributed by atoms with van der Waals surface area (Å²) in [5, 5.41) is 13.1. The minimum Gasteiger partial charge on any atom is -0.370 e. The second-order valence-corrected chi connectivity index (χ2v) is 10.4. The molecule has 184 valence electrons. The van der Waals surface area contributed by atoms with E-state index in [0.29, 0.717) is 5.56 Å². The van der Waals surface area contributed by atoms with Crippen LogP contribution in [-0.2, 0) is 17.8 Å². The van der Waals surface area contributed by atoms with Crippen LogP contribution in [0, 0.1) is 11.3 Å². The van der Waals surface area contributed by atoms with Crippen LogP contribution in [0.4, 0.5) is 5.69 Å². The highest BCUT2D eigenvalue weighted by molar-refractivity contribution is 5.95. The molecule has 4 heterocycles. The van der Waals surface area contributed by atoms with Crippen LogP contribution < -0.4 is 4.90 Å². The Morgan fingerprint density at radius 1 is 1.03 bits per heavy atom. The summed E-state index contributed by atoms with van der Waals surface area (Å²) in [6, 6.07) is 17.1. The lowest BCUT2D eigenvalue weighted by Gasteiger charge is -2.39. The molecule has 0 spiro atoms. The molecule has 6 rings (SSSR count). The smallest absolute Gasteiger partial charge is 0.101 e. The van der Waals surface area contributed by atoms with E-state index in [1.807, 2.05) is 12.1 Å². The Balaban J connectivity index is 1.20. The number of rotatable bonds is 5. The molecule has 36 heavy (non-hydrogen) atoms. The monoisotopic (exact) mass is 479 g/mol. The number of fused-ring (bicyclic) bond motifs is 2. The highest BCUT2D eigenvalue weighted by Gasteiger charge is 2.27. The molecule has 2 aliphatic rings. The molecule has 0 aliphatic carbocycles. The van der Waals surface area contributed by atoms with Gasteiger partial charge in [-0.15, -0.1) is 0 Å². The standard InChI is InChI=1S/C30H33N5O/c1-22-16-35(29-10-9-24(15-31)30-28(29)6-5-11-32-30)21-27(36-22)20-34-18-25-8-7-23(14-26(25)19-34)17-33-12-3-2-4-13-33/h5-11,14,18-19,22,27H,2-4,12-13,16-17,20-21H2,1H3/t22-,27+/m1/s1. The lowest BCUT2D eigenvalue weighted by Crippen LogP contribution is -2.48. The maximum Gasteiger partial charge on any atom is 0.101 e. The minimum absolute atomic E-state index is 0.0748. The number of likely N-dealkylation sites (tertiary alicyclic amines) is 1. The second-order valence-electron chi connectivity index (χ2n) is 10.4. The normalized spacial score (nSPS) is 21.2. The number of aromatic nitrogens is 2. The van der Waals surface area contributed by atoms with Gasteiger partial charge < -0.3 is 14.2 Å². The number of hydrogen-bond acceptors (Lipinski definition) is 5. The quantitative estimate of drug-likeness (QED) is 0.387. The third-order valence-electron chi connectivity index (χ3n) is 7.56. The molecule has 0 unspecified atom stereocenters. The first kappa shape index (κ1) is 23.0. The lowest BCUT2D eigenvalue weighted by atomic mass is 10.1. The van der Waals surface area contributed by atoms with Gasteiger partial charge in [0.25, 0.3) is 0 Å². The Bertz CT molecular complexity index is 1410. The molecule has 0 N–H and O–H groups in total. The zero-order chi connectivity index (χ0) is 24.5. The lowest BCUT2D eigenvalue weighted by molar-refractivity contribution is -0.0238. The van der Waals surface area contributed by atoms with Crippen molar-refractivity contribution in [2.75, 3.05) is 31.1 Å². The minimum atomic E-state index is 0.0748. The zero-order valence-electron chi connectivity index (χ0n) is 20.9. The zero-order valence-corrected chi connectivity index (χ0v) is 20.9. The van der Waals surface area contributed by atoms with Gasteiger partial charge in [0.05, 0.1) is 29.8 Å². The van der Waals surface area contributed by atoms with E-state index < -0.39 is 0 Å². The third kappa shape index (κ3) is 4.69. The number of morpholine rings is 1. The first-order valence-corrected chi connectivity index (χ1v) is 13.2. The van der Waals surface area contributed by atoms with Gasteiger partial charge in [-0.1, -0.05) is 18.6 Å². The molecule has 2 atom stereocenters. The Labute approximate surface area is 212 Å². The van der Waals surface area contributed by atoms with Crippen molar-refractivity contribution >= 4 is 27.4 Å². The molecule has 0 radical (unpaired) electrons. The summed E-state index contributed by atoms with van der Waals surface area (Å²) in [5.74, 6) is 0. The summed E-state index contributed by atoms with van der Waals surface area (Å²) < 4.78 is 8.67. The number of piperidine rings is 1. The molecular formula is C30H33N5O. The number of nitrogens with zero attached hydrogens (tertiary/aromatic N) is 5. The molecule has 2 aromatic carbocycles. The highest BCUT2D eigenvalue weighted by atomic mass is 16.5. The van der Waals surface area contributed by atoms with Crippen LogP contribution in [0.1, 0.15) is 37.3 Å². The first-order chi connectivity index (χ1) is 17.7. The molecule has 0 saturated carbocycles. The van der Waals surface area contributed by atoms with Crippen molar-refractivity contribution in [3.63, 3.8) is 0 Å². The van der Waals surface area contributed by atoms with Gasteiger partial charge in [0.1, 0.15) is 6.07 Å². The number of hydrogen-bond donors (Lipinski definition) is 0. The third-order valence-corrected chi connectivity index (χ3v) is 7.56. The van der Waals surface area contributed by atoms with Gasteiger partial charge >= 0.3 is 0 Å². The fraction of sp³-hybridized carbons (Fsp3) is 0.400. The molecule has 2 aromatic heterocycles. The predicted octanol–water partition coefficient (Wildman–Crippen LogP) is 5.34. The van der Waals surface area contributed by atoms with Crippen molar-refractivity contribution in [2.45, 2.75) is 51.5 Å². The predicted molar refractivity (Wildman–Crippen MR) is 144 cm³/mol. The van der Waals surface area contributed by atoms with Crippen molar-refractivity contribution in [3.05, 3.63) is 72.2 Å². The number of ether oxygens (including phenoxy) is 1. The van der Waals surface area contributed by atoms with Gasteiger partial charge in [0, 0.05) is 49.3 Å². The van der Waals surface area contributed by atoms with Gasteiger partial charge in [0.2, 0.25) is 0 Å². The molecule has 2 aliphatic heterocycles. The van der Waals surface area contributed by atoms with Crippen LogP contribution in [0.5, 0.6) is 0 Å². The first-order valence-electron chi connectivity index (χ1n) is 13.2. The van der Waals surface area contributed by atoms with Crippen molar-refractivity contribution in [1.82, 2.24) is 14.5 Å². The Morgan fingerprint density at radius 3 is 2.75 bits per heavy atom. The van der Waals surface area contributed by atoms with E-state index in [-0.39, 0.29) is 12.2 Å². The van der Waals surface area contributed by atoms with Crippen LogP contribution in [0.3, 0.4) is 0 Å². The summed E-state index contributed by atoms with van der Waals surface area (Å²) in [6.07, 6.45) is 10.5. The van der Waals surface area contributed by atoms with E-state index in [2.05, 4.69) is 75.1 Å². The molecule has 0 amide bonds. The van der Waals surface area contributed by atoms with E-state index in [9.17, 15) is 5.26 Å². The van der Waals surface area contributed by atoms with Gasteiger partial charge in [-0.25, -0.2) is 0 Å². The Hall–Kier alpha value is -3.40. The largest absolute Gasteiger partial charge is 0.370 e. The van der Waals surface area contributed by atoms with E-state index in [1.165, 1.54) is 48.7 Å². The van der Waals surface area contributed by atoms with Crippen LogP contribution >= 0.6 is 0 Å². The van der Waals surface area contributed by atoms with Crippen LogP contribution in [0.15, 0.2) is 61.1 Å². The number of benzene rings is 2. The van der Waals surface area contributed by atoms with Crippen molar-refractivity contribution in [3.8, 4) is 6.07 Å². The summed E-state index contributed by atoms with van der Waals surface area (Å²) in [4.78, 5) is 9.47. The van der Waals surface area contributed by atoms with Crippen LogP contribution in [-0.4, -0.2) is 52.8 Å². The summed E-state index contributed by atoms with van der Waals surface area (Å²) in [7, 11) is 0. The fourth-order valence-corrected chi connectivity index (χ4v) is 5.93. The molecule has 0 bridgehead atoms. The SMILES string of the molecule is C[C@@H]1CN(c2ccc(C#N)c3ncccc23)C[C@H](Cn2cc3ccc(CN4CCCCC4)cc3c2)O1. The Kier molecular flexibility index (Phi) is 6.35. The van der Waals surface area contributed by atoms with Crippen LogP contribution in [0.2, 0.25) is 0 Å². The molecular weight excluding hydrogens is 446 g/mol. The topological polar surface area (TPSA) is 57.3 Å². The molecule has 6 heteroatoms. The number of nitriles is 1. The molecule has 4 aromatic rings. The fourth-order valence-electron chi connectivity index (χ4n) is 5.93. The average molecular weight is 480 g/mol. The highest BCUT2D eigenvalue weighted by Crippen LogP contribution is 2.31. The van der Waals surface area contributed by atoms with Crippen molar-refractivity contribution < 1.29 is 4.74 Å². The van der Waals surface area contributed by atoms with E-state index >= 15 is 0 Å². The maximum absolute atomic E-state index is 9.52. The number of pyridine rings is 1. The van der Waals surface area contributed by atoms with Crippen molar-refractivity contribution in [2.24, 2.45) is 0 Å². The molecule has 2 fully saturated rings. The van der Waals surface area contributed by atoms with Crippen LogP contribution in [0.25, 0.3) is 21.7 Å². The van der Waals surface area contributed by atoms with E-state index in [4.69, 9.17) is 4.74 Å². The summed E-state index contributed by atoms with van der Waals surface area (Å²) >= 11 is 0. The summed E-state index contributed by atoms with van der Waals surface area (Å²) in [5.41, 5.74) is 3.91.